The van der Waals surface area contributed by atoms with Gasteiger partial charge in [0.25, 0.3) is 0 Å². The number of carbonyl (C=O) groups excluding carboxylic acids is 1. The minimum Gasteiger partial charge on any atom is -0.471 e. The quantitative estimate of drug-likeness (QED) is 0.860. The third-order valence-electron chi connectivity index (χ3n) is 2.37. The van der Waals surface area contributed by atoms with E-state index >= 15 is 0 Å². The zero-order valence-electron chi connectivity index (χ0n) is 11.5. The molecule has 0 aliphatic rings. The van der Waals surface area contributed by atoms with Gasteiger partial charge in [-0.2, -0.15) is 0 Å². The van der Waals surface area contributed by atoms with E-state index in [1.807, 2.05) is 20.8 Å². The van der Waals surface area contributed by atoms with Crippen molar-refractivity contribution in [3.63, 3.8) is 0 Å². The molecule has 2 heterocycles. The Kier molecular flexibility index (Phi) is 3.38. The molecule has 0 aliphatic carbocycles. The fourth-order valence-corrected chi connectivity index (χ4v) is 1.66. The van der Waals surface area contributed by atoms with Crippen molar-refractivity contribution in [3.8, 4) is 5.88 Å². The maximum absolute atomic E-state index is 11.0. The fraction of sp³-hybridized carbons (Fsp3) is 0.357. The van der Waals surface area contributed by atoms with Gasteiger partial charge in [-0.25, -0.2) is 9.97 Å². The van der Waals surface area contributed by atoms with Crippen LogP contribution in [0, 0.1) is 0 Å². The molecule has 2 aromatic heterocycles. The van der Waals surface area contributed by atoms with Crippen LogP contribution in [-0.2, 0) is 4.79 Å². The van der Waals surface area contributed by atoms with Gasteiger partial charge >= 0.3 is 0 Å². The van der Waals surface area contributed by atoms with Crippen LogP contribution >= 0.6 is 0 Å². The number of rotatable bonds is 3. The smallest absolute Gasteiger partial charge is 0.227 e. The van der Waals surface area contributed by atoms with Gasteiger partial charge in [-0.3, -0.25) is 4.79 Å². The molecule has 0 atom stereocenters. The highest BCUT2D eigenvalue weighted by Gasteiger charge is 2.17. The summed E-state index contributed by atoms with van der Waals surface area (Å²) in [5.74, 6) is 0.506. The molecule has 0 radical (unpaired) electrons. The van der Waals surface area contributed by atoms with Crippen molar-refractivity contribution >= 4 is 22.9 Å². The number of H-pyrrole nitrogens is 1. The van der Waals surface area contributed by atoms with Crippen LogP contribution in [0.2, 0.25) is 0 Å². The highest BCUT2D eigenvalue weighted by atomic mass is 16.5. The molecule has 0 spiro atoms. The van der Waals surface area contributed by atoms with Crippen LogP contribution in [0.5, 0.6) is 5.88 Å². The van der Waals surface area contributed by atoms with Gasteiger partial charge in [-0.05, 0) is 39.8 Å². The second kappa shape index (κ2) is 4.84. The standard InChI is InChI=1S/C14H17N3O2/c1-9(18)5-6-10-7-15-12-11(10)13(17-8-16-12)19-14(2,3)4/h5-8H,1-4H3,(H,15,16,17)/b6-5+. The Balaban J connectivity index is 2.52. The van der Waals surface area contributed by atoms with E-state index in [-0.39, 0.29) is 11.4 Å². The van der Waals surface area contributed by atoms with Crippen LogP contribution in [0.3, 0.4) is 0 Å². The van der Waals surface area contributed by atoms with Crippen molar-refractivity contribution in [2.24, 2.45) is 0 Å². The summed E-state index contributed by atoms with van der Waals surface area (Å²) in [5.41, 5.74) is 1.18. The highest BCUT2D eigenvalue weighted by molar-refractivity contribution is 5.96. The molecular weight excluding hydrogens is 242 g/mol. The van der Waals surface area contributed by atoms with Gasteiger partial charge < -0.3 is 9.72 Å². The molecule has 1 N–H and O–H groups in total. The average Bonchev–Trinajstić information content (AvgIpc) is 2.68. The van der Waals surface area contributed by atoms with Crippen LogP contribution in [0.15, 0.2) is 18.6 Å². The minimum atomic E-state index is -0.347. The number of aromatic nitrogens is 3. The van der Waals surface area contributed by atoms with E-state index < -0.39 is 0 Å². The third kappa shape index (κ3) is 3.19. The molecule has 0 fully saturated rings. The molecule has 0 aromatic carbocycles. The van der Waals surface area contributed by atoms with Crippen LogP contribution in [0.25, 0.3) is 17.1 Å². The lowest BCUT2D eigenvalue weighted by molar-refractivity contribution is -0.112. The molecule has 19 heavy (non-hydrogen) atoms. The van der Waals surface area contributed by atoms with E-state index in [2.05, 4.69) is 15.0 Å². The van der Waals surface area contributed by atoms with Gasteiger partial charge in [0.15, 0.2) is 5.78 Å². The molecule has 0 amide bonds. The largest absolute Gasteiger partial charge is 0.471 e. The normalized spacial score (nSPS) is 12.2. The summed E-state index contributed by atoms with van der Waals surface area (Å²) in [6.45, 7) is 7.38. The summed E-state index contributed by atoms with van der Waals surface area (Å²) in [6.07, 6.45) is 6.49. The van der Waals surface area contributed by atoms with E-state index in [1.165, 1.54) is 19.3 Å². The first-order valence-electron chi connectivity index (χ1n) is 6.06. The number of allylic oxidation sites excluding steroid dienone is 1. The Bertz CT molecular complexity index is 636. The zero-order chi connectivity index (χ0) is 14.0. The number of hydrogen-bond acceptors (Lipinski definition) is 4. The number of fused-ring (bicyclic) bond motifs is 1. The maximum Gasteiger partial charge on any atom is 0.227 e. The highest BCUT2D eigenvalue weighted by Crippen LogP contribution is 2.28. The summed E-state index contributed by atoms with van der Waals surface area (Å²) >= 11 is 0. The Labute approximate surface area is 111 Å². The fourth-order valence-electron chi connectivity index (χ4n) is 1.66. The van der Waals surface area contributed by atoms with Gasteiger partial charge in [-0.1, -0.05) is 0 Å². The van der Waals surface area contributed by atoms with E-state index in [4.69, 9.17) is 4.74 Å². The van der Waals surface area contributed by atoms with Gasteiger partial charge in [0.2, 0.25) is 5.88 Å². The number of ketones is 1. The Morgan fingerprint density at radius 2 is 2.11 bits per heavy atom. The molecule has 2 aromatic rings. The number of carbonyl (C=O) groups is 1. The van der Waals surface area contributed by atoms with Crippen LogP contribution in [0.4, 0.5) is 0 Å². The first kappa shape index (κ1) is 13.3. The van der Waals surface area contributed by atoms with E-state index in [1.54, 1.807) is 12.3 Å². The lowest BCUT2D eigenvalue weighted by Gasteiger charge is -2.20. The Morgan fingerprint density at radius 3 is 2.74 bits per heavy atom. The SMILES string of the molecule is CC(=O)/C=C/c1c[nH]c2ncnc(OC(C)(C)C)c12. The van der Waals surface area contributed by atoms with Crippen molar-refractivity contribution in [2.45, 2.75) is 33.3 Å². The molecule has 0 saturated carbocycles. The first-order chi connectivity index (χ1) is 8.87. The van der Waals surface area contributed by atoms with Crippen molar-refractivity contribution in [3.05, 3.63) is 24.2 Å². The topological polar surface area (TPSA) is 67.9 Å². The molecule has 0 bridgehead atoms. The van der Waals surface area contributed by atoms with Gasteiger partial charge in [0.1, 0.15) is 17.6 Å². The summed E-state index contributed by atoms with van der Waals surface area (Å²) in [4.78, 5) is 22.4. The summed E-state index contributed by atoms with van der Waals surface area (Å²) in [6, 6.07) is 0. The van der Waals surface area contributed by atoms with E-state index in [9.17, 15) is 4.79 Å². The average molecular weight is 259 g/mol. The number of nitrogens with one attached hydrogen (secondary N) is 1. The molecule has 0 unspecified atom stereocenters. The molecule has 2 rings (SSSR count). The molecular formula is C14H17N3O2. The molecule has 0 aliphatic heterocycles. The van der Waals surface area contributed by atoms with Gasteiger partial charge in [0.05, 0.1) is 5.39 Å². The van der Waals surface area contributed by atoms with Crippen molar-refractivity contribution < 1.29 is 9.53 Å². The summed E-state index contributed by atoms with van der Waals surface area (Å²) < 4.78 is 5.83. The first-order valence-corrected chi connectivity index (χ1v) is 6.06. The molecule has 5 heteroatoms. The third-order valence-corrected chi connectivity index (χ3v) is 2.37. The number of ether oxygens (including phenoxy) is 1. The minimum absolute atomic E-state index is 0.00973. The van der Waals surface area contributed by atoms with Crippen molar-refractivity contribution in [1.29, 1.82) is 0 Å². The molecule has 5 nitrogen and oxygen atoms in total. The number of hydrogen-bond donors (Lipinski definition) is 1. The predicted octanol–water partition coefficient (Wildman–Crippen LogP) is 2.74. The number of aromatic amines is 1. The second-order valence-electron chi connectivity index (χ2n) is 5.30. The van der Waals surface area contributed by atoms with Crippen LogP contribution in [0.1, 0.15) is 33.3 Å². The van der Waals surface area contributed by atoms with E-state index in [0.717, 1.165) is 10.9 Å². The van der Waals surface area contributed by atoms with Crippen molar-refractivity contribution in [2.75, 3.05) is 0 Å². The van der Waals surface area contributed by atoms with Crippen LogP contribution < -0.4 is 4.74 Å². The maximum atomic E-state index is 11.0. The van der Waals surface area contributed by atoms with Crippen molar-refractivity contribution in [1.82, 2.24) is 15.0 Å². The second-order valence-corrected chi connectivity index (χ2v) is 5.30. The monoisotopic (exact) mass is 259 g/mol. The number of nitrogens with zero attached hydrogens (tertiary/aromatic N) is 2. The summed E-state index contributed by atoms with van der Waals surface area (Å²) in [7, 11) is 0. The van der Waals surface area contributed by atoms with Gasteiger partial charge in [-0.15, -0.1) is 0 Å². The lowest BCUT2D eigenvalue weighted by Crippen LogP contribution is -2.23. The Morgan fingerprint density at radius 1 is 1.37 bits per heavy atom. The summed E-state index contributed by atoms with van der Waals surface area (Å²) in [5, 5.41) is 0.787. The molecule has 0 saturated heterocycles. The van der Waals surface area contributed by atoms with Crippen LogP contribution in [-0.4, -0.2) is 26.3 Å². The zero-order valence-corrected chi connectivity index (χ0v) is 11.5. The predicted molar refractivity (Wildman–Crippen MR) is 74.0 cm³/mol. The molecule has 100 valence electrons. The van der Waals surface area contributed by atoms with Gasteiger partial charge in [0, 0.05) is 11.8 Å². The Hall–Kier alpha value is -2.17. The van der Waals surface area contributed by atoms with E-state index in [0.29, 0.717) is 11.5 Å². The lowest BCUT2D eigenvalue weighted by atomic mass is 10.2.